The molecule has 2 nitrogen and oxygen atoms in total. The Morgan fingerprint density at radius 2 is 1.64 bits per heavy atom. The maximum Gasteiger partial charge on any atom is 0.488 e. The molecule has 2 N–H and O–H groups in total. The predicted octanol–water partition coefficient (Wildman–Crippen LogP) is 2.83. The largest absolute Gasteiger partial charge is 0.488 e. The maximum atomic E-state index is 9.47. The summed E-state index contributed by atoms with van der Waals surface area (Å²) in [6, 6.07) is 18.5. The first-order valence-corrected chi connectivity index (χ1v) is 7.53. The molecule has 22 heavy (non-hydrogen) atoms. The lowest BCUT2D eigenvalue weighted by Crippen LogP contribution is -2.31. The van der Waals surface area contributed by atoms with E-state index in [2.05, 4.69) is 50.2 Å². The van der Waals surface area contributed by atoms with Crippen LogP contribution in [0.5, 0.6) is 0 Å². The van der Waals surface area contributed by atoms with Gasteiger partial charge < -0.3 is 10.0 Å². The minimum atomic E-state index is -1.43. The van der Waals surface area contributed by atoms with Crippen LogP contribution >= 0.6 is 0 Å². The van der Waals surface area contributed by atoms with Crippen LogP contribution in [0, 0.1) is 0 Å². The molecule has 0 unspecified atom stereocenters. The summed E-state index contributed by atoms with van der Waals surface area (Å²) in [4.78, 5) is 0. The third-order valence-corrected chi connectivity index (χ3v) is 4.89. The standard InChI is InChI=1S/C19H17BO2/c1-19(2)16-10-7-12-5-3-4-6-14(12)18(16)15-9-8-13(20(21)22)11-17(15)19/h3-11,21-22H,1-2H3. The van der Waals surface area contributed by atoms with Crippen LogP contribution in [0.4, 0.5) is 0 Å². The number of hydrogen-bond acceptors (Lipinski definition) is 2. The van der Waals surface area contributed by atoms with Gasteiger partial charge in [-0.25, -0.2) is 0 Å². The van der Waals surface area contributed by atoms with E-state index in [1.165, 1.54) is 27.5 Å². The number of benzene rings is 3. The second-order valence-corrected chi connectivity index (χ2v) is 6.51. The first-order chi connectivity index (χ1) is 10.5. The molecule has 4 rings (SSSR count). The van der Waals surface area contributed by atoms with Crippen molar-refractivity contribution >= 4 is 23.4 Å². The number of rotatable bonds is 1. The van der Waals surface area contributed by atoms with Crippen molar-refractivity contribution in [2.45, 2.75) is 19.3 Å². The number of hydrogen-bond donors (Lipinski definition) is 2. The van der Waals surface area contributed by atoms with Gasteiger partial charge in [-0.2, -0.15) is 0 Å². The van der Waals surface area contributed by atoms with E-state index in [1.807, 2.05) is 12.1 Å². The highest BCUT2D eigenvalue weighted by Crippen LogP contribution is 2.50. The van der Waals surface area contributed by atoms with Crippen LogP contribution in [0.1, 0.15) is 25.0 Å². The van der Waals surface area contributed by atoms with Gasteiger partial charge in [0.1, 0.15) is 0 Å². The average Bonchev–Trinajstić information content (AvgIpc) is 2.75. The van der Waals surface area contributed by atoms with Gasteiger partial charge in [0, 0.05) is 5.41 Å². The average molecular weight is 288 g/mol. The Hall–Kier alpha value is -2.10. The fourth-order valence-corrected chi connectivity index (χ4v) is 3.69. The summed E-state index contributed by atoms with van der Waals surface area (Å²) in [7, 11) is -1.43. The van der Waals surface area contributed by atoms with Gasteiger partial charge in [-0.15, -0.1) is 0 Å². The van der Waals surface area contributed by atoms with Gasteiger partial charge in [-0.1, -0.05) is 68.4 Å². The minimum Gasteiger partial charge on any atom is -0.423 e. The van der Waals surface area contributed by atoms with Crippen LogP contribution in [0.25, 0.3) is 21.9 Å². The second kappa shape index (κ2) is 4.45. The number of fused-ring (bicyclic) bond motifs is 5. The van der Waals surface area contributed by atoms with Crippen molar-refractivity contribution < 1.29 is 10.0 Å². The molecule has 3 aromatic rings. The molecule has 1 aliphatic carbocycles. The Labute approximate surface area is 130 Å². The van der Waals surface area contributed by atoms with E-state index in [1.54, 1.807) is 6.07 Å². The highest BCUT2D eigenvalue weighted by Gasteiger charge is 2.36. The minimum absolute atomic E-state index is 0.139. The lowest BCUT2D eigenvalue weighted by atomic mass is 9.75. The summed E-state index contributed by atoms with van der Waals surface area (Å²) in [6.45, 7) is 4.39. The Bertz CT molecular complexity index is 897. The molecule has 108 valence electrons. The van der Waals surface area contributed by atoms with E-state index in [-0.39, 0.29) is 5.41 Å². The highest BCUT2D eigenvalue weighted by molar-refractivity contribution is 6.58. The van der Waals surface area contributed by atoms with Gasteiger partial charge in [-0.05, 0) is 38.5 Å². The molecule has 0 spiro atoms. The summed E-state index contributed by atoms with van der Waals surface area (Å²) in [5.74, 6) is 0. The van der Waals surface area contributed by atoms with E-state index in [4.69, 9.17) is 0 Å². The molecule has 0 amide bonds. The van der Waals surface area contributed by atoms with Crippen LogP contribution < -0.4 is 5.46 Å². The smallest absolute Gasteiger partial charge is 0.423 e. The molecule has 1 aliphatic rings. The van der Waals surface area contributed by atoms with Gasteiger partial charge >= 0.3 is 7.12 Å². The van der Waals surface area contributed by atoms with Crippen LogP contribution in [-0.2, 0) is 5.41 Å². The van der Waals surface area contributed by atoms with Gasteiger partial charge in [0.05, 0.1) is 0 Å². The first kappa shape index (κ1) is 13.6. The zero-order valence-corrected chi connectivity index (χ0v) is 12.7. The molecule has 0 saturated carbocycles. The van der Waals surface area contributed by atoms with E-state index < -0.39 is 7.12 Å². The monoisotopic (exact) mass is 288 g/mol. The van der Waals surface area contributed by atoms with Crippen LogP contribution in [0.15, 0.2) is 54.6 Å². The SMILES string of the molecule is CC1(C)c2cc(B(O)O)ccc2-c2c1ccc1ccccc21. The summed E-state index contributed by atoms with van der Waals surface area (Å²) in [5, 5.41) is 21.4. The lowest BCUT2D eigenvalue weighted by Gasteiger charge is -2.22. The third kappa shape index (κ3) is 1.70. The molecule has 0 aromatic heterocycles. The van der Waals surface area contributed by atoms with Crippen molar-refractivity contribution in [2.24, 2.45) is 0 Å². The fraction of sp³-hybridized carbons (Fsp3) is 0.158. The highest BCUT2D eigenvalue weighted by atomic mass is 16.4. The Balaban J connectivity index is 2.10. The van der Waals surface area contributed by atoms with Crippen molar-refractivity contribution in [3.05, 3.63) is 65.7 Å². The van der Waals surface area contributed by atoms with Crippen LogP contribution in [0.3, 0.4) is 0 Å². The van der Waals surface area contributed by atoms with Crippen LogP contribution in [-0.4, -0.2) is 17.2 Å². The van der Waals surface area contributed by atoms with Crippen molar-refractivity contribution in [3.63, 3.8) is 0 Å². The van der Waals surface area contributed by atoms with Gasteiger partial charge in [0.2, 0.25) is 0 Å². The molecule has 0 bridgehead atoms. The molecule has 0 radical (unpaired) electrons. The summed E-state index contributed by atoms with van der Waals surface area (Å²) in [6.07, 6.45) is 0. The zero-order valence-electron chi connectivity index (χ0n) is 12.7. The molecule has 0 heterocycles. The normalized spacial score (nSPS) is 14.7. The van der Waals surface area contributed by atoms with Gasteiger partial charge in [-0.3, -0.25) is 0 Å². The predicted molar refractivity (Wildman–Crippen MR) is 91.3 cm³/mol. The molecule has 0 aliphatic heterocycles. The van der Waals surface area contributed by atoms with Crippen molar-refractivity contribution in [1.29, 1.82) is 0 Å². The van der Waals surface area contributed by atoms with Crippen molar-refractivity contribution in [1.82, 2.24) is 0 Å². The second-order valence-electron chi connectivity index (χ2n) is 6.51. The van der Waals surface area contributed by atoms with E-state index >= 15 is 0 Å². The Kier molecular flexibility index (Phi) is 2.74. The van der Waals surface area contributed by atoms with Crippen LogP contribution in [0.2, 0.25) is 0 Å². The zero-order chi connectivity index (χ0) is 15.5. The van der Waals surface area contributed by atoms with E-state index in [0.29, 0.717) is 5.46 Å². The summed E-state index contributed by atoms with van der Waals surface area (Å²) in [5.41, 5.74) is 5.33. The van der Waals surface area contributed by atoms with Crippen molar-refractivity contribution in [3.8, 4) is 11.1 Å². The van der Waals surface area contributed by atoms with Gasteiger partial charge in [0.25, 0.3) is 0 Å². The summed E-state index contributed by atoms with van der Waals surface area (Å²) < 4.78 is 0. The maximum absolute atomic E-state index is 9.47. The molecule has 0 saturated heterocycles. The molecular formula is C19H17BO2. The molecule has 0 fully saturated rings. The first-order valence-electron chi connectivity index (χ1n) is 7.53. The Morgan fingerprint density at radius 3 is 2.41 bits per heavy atom. The van der Waals surface area contributed by atoms with Crippen molar-refractivity contribution in [2.75, 3.05) is 0 Å². The molecule has 3 aromatic carbocycles. The molecular weight excluding hydrogens is 271 g/mol. The van der Waals surface area contributed by atoms with E-state index in [0.717, 1.165) is 5.56 Å². The fourth-order valence-electron chi connectivity index (χ4n) is 3.69. The lowest BCUT2D eigenvalue weighted by molar-refractivity contribution is 0.425. The quantitative estimate of drug-likeness (QED) is 0.676. The Morgan fingerprint density at radius 1 is 0.864 bits per heavy atom. The van der Waals surface area contributed by atoms with E-state index in [9.17, 15) is 10.0 Å². The van der Waals surface area contributed by atoms with Gasteiger partial charge in [0.15, 0.2) is 0 Å². The third-order valence-electron chi connectivity index (χ3n) is 4.89. The topological polar surface area (TPSA) is 40.5 Å². The molecule has 3 heteroatoms. The summed E-state index contributed by atoms with van der Waals surface area (Å²) >= 11 is 0. The molecule has 0 atom stereocenters.